The van der Waals surface area contributed by atoms with Crippen molar-refractivity contribution in [3.8, 4) is 0 Å². The highest BCUT2D eigenvalue weighted by molar-refractivity contribution is 5.97. The smallest absolute Gasteiger partial charge is 0.253 e. The second kappa shape index (κ2) is 10.8. The second-order valence-electron chi connectivity index (χ2n) is 5.88. The van der Waals surface area contributed by atoms with Gasteiger partial charge in [-0.3, -0.25) is 14.5 Å². The average Bonchev–Trinajstić information content (AvgIpc) is 2.56. The zero-order valence-corrected chi connectivity index (χ0v) is 15.5. The molecule has 0 atom stereocenters. The van der Waals surface area contributed by atoms with Gasteiger partial charge in [-0.1, -0.05) is 19.9 Å². The molecule has 1 rings (SSSR count). The van der Waals surface area contributed by atoms with Crippen molar-refractivity contribution in [2.45, 2.75) is 40.5 Å². The van der Waals surface area contributed by atoms with Gasteiger partial charge in [0, 0.05) is 24.3 Å². The van der Waals surface area contributed by atoms with Gasteiger partial charge >= 0.3 is 0 Å². The van der Waals surface area contributed by atoms with Crippen molar-refractivity contribution in [2.24, 2.45) is 0 Å². The molecule has 0 heterocycles. The molecule has 0 aliphatic rings. The van der Waals surface area contributed by atoms with Gasteiger partial charge in [0.25, 0.3) is 5.91 Å². The average molecular weight is 333 g/mol. The number of benzene rings is 1. The number of nitrogens with one attached hydrogen (secondary N) is 1. The molecule has 2 amide bonds. The van der Waals surface area contributed by atoms with Crippen LogP contribution < -0.4 is 5.32 Å². The monoisotopic (exact) mass is 333 g/mol. The molecule has 0 radical (unpaired) electrons. The van der Waals surface area contributed by atoms with Crippen molar-refractivity contribution in [1.82, 2.24) is 9.80 Å². The number of rotatable bonds is 10. The van der Waals surface area contributed by atoms with E-state index in [1.54, 1.807) is 17.0 Å². The molecule has 1 aromatic rings. The standard InChI is InChI=1S/C19H31N3O2/c1-5-12-21(13-6-2)15-18(23)20-17-11-9-10-16(14-17)19(24)22(7-3)8-4/h9-11,14H,5-8,12-13,15H2,1-4H3,(H,20,23). The van der Waals surface area contributed by atoms with Gasteiger partial charge in [0.15, 0.2) is 0 Å². The fourth-order valence-corrected chi connectivity index (χ4v) is 2.73. The third kappa shape index (κ3) is 6.32. The molecular weight excluding hydrogens is 302 g/mol. The quantitative estimate of drug-likeness (QED) is 0.715. The van der Waals surface area contributed by atoms with Crippen molar-refractivity contribution in [3.05, 3.63) is 29.8 Å². The molecular formula is C19H31N3O2. The van der Waals surface area contributed by atoms with Gasteiger partial charge in [-0.2, -0.15) is 0 Å². The molecule has 24 heavy (non-hydrogen) atoms. The molecule has 0 saturated carbocycles. The van der Waals surface area contributed by atoms with E-state index in [1.807, 2.05) is 26.0 Å². The van der Waals surface area contributed by atoms with E-state index >= 15 is 0 Å². The van der Waals surface area contributed by atoms with Crippen LogP contribution in [-0.2, 0) is 4.79 Å². The highest BCUT2D eigenvalue weighted by atomic mass is 16.2. The van der Waals surface area contributed by atoms with Crippen LogP contribution in [0.4, 0.5) is 5.69 Å². The van der Waals surface area contributed by atoms with Gasteiger partial charge in [0.2, 0.25) is 5.91 Å². The van der Waals surface area contributed by atoms with Crippen LogP contribution in [-0.4, -0.2) is 54.3 Å². The van der Waals surface area contributed by atoms with E-state index in [-0.39, 0.29) is 11.8 Å². The summed E-state index contributed by atoms with van der Waals surface area (Å²) in [4.78, 5) is 28.6. The van der Waals surface area contributed by atoms with E-state index in [2.05, 4.69) is 24.1 Å². The largest absolute Gasteiger partial charge is 0.339 e. The molecule has 1 aromatic carbocycles. The number of amides is 2. The lowest BCUT2D eigenvalue weighted by molar-refractivity contribution is -0.117. The Labute approximate surface area is 146 Å². The maximum Gasteiger partial charge on any atom is 0.253 e. The highest BCUT2D eigenvalue weighted by Gasteiger charge is 2.14. The minimum Gasteiger partial charge on any atom is -0.339 e. The summed E-state index contributed by atoms with van der Waals surface area (Å²) >= 11 is 0. The molecule has 0 aliphatic heterocycles. The normalized spacial score (nSPS) is 10.7. The zero-order valence-electron chi connectivity index (χ0n) is 15.5. The summed E-state index contributed by atoms with van der Waals surface area (Å²) in [5.41, 5.74) is 1.28. The van der Waals surface area contributed by atoms with Crippen LogP contribution >= 0.6 is 0 Å². The molecule has 5 nitrogen and oxygen atoms in total. The third-order valence-corrected chi connectivity index (χ3v) is 3.89. The predicted molar refractivity (Wildman–Crippen MR) is 99.3 cm³/mol. The van der Waals surface area contributed by atoms with Gasteiger partial charge in [0.05, 0.1) is 6.54 Å². The van der Waals surface area contributed by atoms with Crippen LogP contribution in [0.3, 0.4) is 0 Å². The first kappa shape index (κ1) is 20.2. The van der Waals surface area contributed by atoms with E-state index < -0.39 is 0 Å². The van der Waals surface area contributed by atoms with Gasteiger partial charge in [-0.25, -0.2) is 0 Å². The van der Waals surface area contributed by atoms with Gasteiger partial charge in [-0.15, -0.1) is 0 Å². The Morgan fingerprint density at radius 3 is 2.17 bits per heavy atom. The zero-order chi connectivity index (χ0) is 17.9. The first-order valence-corrected chi connectivity index (χ1v) is 8.97. The van der Waals surface area contributed by atoms with Crippen LogP contribution in [0.15, 0.2) is 24.3 Å². The van der Waals surface area contributed by atoms with Crippen molar-refractivity contribution >= 4 is 17.5 Å². The Bertz CT molecular complexity index is 521. The Morgan fingerprint density at radius 2 is 1.62 bits per heavy atom. The van der Waals surface area contributed by atoms with Crippen LogP contribution in [0.1, 0.15) is 50.9 Å². The number of nitrogens with zero attached hydrogens (tertiary/aromatic N) is 2. The minimum absolute atomic E-state index is 0.00492. The van der Waals surface area contributed by atoms with Crippen LogP contribution in [0, 0.1) is 0 Å². The second-order valence-corrected chi connectivity index (χ2v) is 5.88. The van der Waals surface area contributed by atoms with Crippen LogP contribution in [0.25, 0.3) is 0 Å². The molecule has 1 N–H and O–H groups in total. The number of anilines is 1. The molecule has 0 unspecified atom stereocenters. The lowest BCUT2D eigenvalue weighted by atomic mass is 10.1. The fourth-order valence-electron chi connectivity index (χ4n) is 2.73. The lowest BCUT2D eigenvalue weighted by Crippen LogP contribution is -2.34. The number of hydrogen-bond donors (Lipinski definition) is 1. The van der Waals surface area contributed by atoms with E-state index in [1.165, 1.54) is 0 Å². The van der Waals surface area contributed by atoms with Crippen LogP contribution in [0.5, 0.6) is 0 Å². The summed E-state index contributed by atoms with van der Waals surface area (Å²) in [6.45, 7) is 11.7. The summed E-state index contributed by atoms with van der Waals surface area (Å²) in [6, 6.07) is 7.17. The molecule has 0 aliphatic carbocycles. The van der Waals surface area contributed by atoms with E-state index in [9.17, 15) is 9.59 Å². The number of carbonyl (C=O) groups excluding carboxylic acids is 2. The number of hydrogen-bond acceptors (Lipinski definition) is 3. The topological polar surface area (TPSA) is 52.7 Å². The van der Waals surface area contributed by atoms with E-state index in [0.29, 0.717) is 30.9 Å². The Morgan fingerprint density at radius 1 is 1.00 bits per heavy atom. The lowest BCUT2D eigenvalue weighted by Gasteiger charge is -2.21. The summed E-state index contributed by atoms with van der Waals surface area (Å²) in [5.74, 6) is -0.0426. The summed E-state index contributed by atoms with van der Waals surface area (Å²) in [6.07, 6.45) is 2.06. The molecule has 0 saturated heterocycles. The van der Waals surface area contributed by atoms with E-state index in [4.69, 9.17) is 0 Å². The summed E-state index contributed by atoms with van der Waals surface area (Å²) < 4.78 is 0. The van der Waals surface area contributed by atoms with E-state index in [0.717, 1.165) is 25.9 Å². The van der Waals surface area contributed by atoms with Crippen LogP contribution in [0.2, 0.25) is 0 Å². The van der Waals surface area contributed by atoms with Crippen molar-refractivity contribution in [3.63, 3.8) is 0 Å². The number of carbonyl (C=O) groups is 2. The maximum absolute atomic E-state index is 12.4. The molecule has 0 fully saturated rings. The molecule has 0 aromatic heterocycles. The summed E-state index contributed by atoms with van der Waals surface area (Å²) in [7, 11) is 0. The Kier molecular flexibility index (Phi) is 9.08. The SMILES string of the molecule is CCCN(CCC)CC(=O)Nc1cccc(C(=O)N(CC)CC)c1. The first-order chi connectivity index (χ1) is 11.5. The minimum atomic E-state index is -0.0376. The van der Waals surface area contributed by atoms with Gasteiger partial charge in [-0.05, 0) is 58.0 Å². The van der Waals surface area contributed by atoms with Crippen molar-refractivity contribution in [1.29, 1.82) is 0 Å². The molecule has 0 bridgehead atoms. The first-order valence-electron chi connectivity index (χ1n) is 8.97. The highest BCUT2D eigenvalue weighted by Crippen LogP contribution is 2.13. The Balaban J connectivity index is 2.72. The summed E-state index contributed by atoms with van der Waals surface area (Å²) in [5, 5.41) is 2.91. The molecule has 5 heteroatoms. The maximum atomic E-state index is 12.4. The predicted octanol–water partition coefficient (Wildman–Crippen LogP) is 3.23. The van der Waals surface area contributed by atoms with Gasteiger partial charge in [0.1, 0.15) is 0 Å². The Hall–Kier alpha value is -1.88. The fraction of sp³-hybridized carbons (Fsp3) is 0.579. The third-order valence-electron chi connectivity index (χ3n) is 3.89. The van der Waals surface area contributed by atoms with Gasteiger partial charge < -0.3 is 10.2 Å². The molecule has 0 spiro atoms. The van der Waals surface area contributed by atoms with Crippen molar-refractivity contribution in [2.75, 3.05) is 38.0 Å². The van der Waals surface area contributed by atoms with Crippen molar-refractivity contribution < 1.29 is 9.59 Å². The molecule has 134 valence electrons.